The lowest BCUT2D eigenvalue weighted by atomic mass is 9.80. The summed E-state index contributed by atoms with van der Waals surface area (Å²) in [7, 11) is 3.20. The molecule has 4 rings (SSSR count). The van der Waals surface area contributed by atoms with E-state index < -0.39 is 0 Å². The molecular weight excluding hydrogens is 410 g/mol. The number of nitrogens with one attached hydrogen (secondary N) is 1. The summed E-state index contributed by atoms with van der Waals surface area (Å²) in [5.74, 6) is 1.14. The summed E-state index contributed by atoms with van der Waals surface area (Å²) in [6.45, 7) is 1.39. The predicted molar refractivity (Wildman–Crippen MR) is 122 cm³/mol. The van der Waals surface area contributed by atoms with Gasteiger partial charge in [0.05, 0.1) is 25.1 Å². The number of anilines is 1. The second-order valence-electron chi connectivity index (χ2n) is 8.37. The SMILES string of the molecule is COc1ccc(CCNC(=O)[C@H]2Cc3cc([N+](=O)[O-])ccc3N3CCCC[C@@H]23)cc1OC. The summed E-state index contributed by atoms with van der Waals surface area (Å²) in [6, 6.07) is 10.9. The Kier molecular flexibility index (Phi) is 6.48. The van der Waals surface area contributed by atoms with Gasteiger partial charge in [0.25, 0.3) is 5.69 Å². The van der Waals surface area contributed by atoms with Gasteiger partial charge in [-0.2, -0.15) is 0 Å². The maximum atomic E-state index is 13.2. The van der Waals surface area contributed by atoms with Crippen LogP contribution in [0.2, 0.25) is 0 Å². The van der Waals surface area contributed by atoms with Crippen molar-refractivity contribution in [2.24, 2.45) is 5.92 Å². The van der Waals surface area contributed by atoms with Crippen LogP contribution in [0, 0.1) is 16.0 Å². The summed E-state index contributed by atoms with van der Waals surface area (Å²) < 4.78 is 10.6. The van der Waals surface area contributed by atoms with Crippen LogP contribution in [0.15, 0.2) is 36.4 Å². The molecule has 0 radical (unpaired) electrons. The molecule has 0 saturated carbocycles. The third-order valence-corrected chi connectivity index (χ3v) is 6.53. The van der Waals surface area contributed by atoms with E-state index in [1.165, 1.54) is 0 Å². The molecule has 0 spiro atoms. The minimum atomic E-state index is -0.374. The van der Waals surface area contributed by atoms with Crippen LogP contribution >= 0.6 is 0 Å². The number of nitrogens with zero attached hydrogens (tertiary/aromatic N) is 2. The van der Waals surface area contributed by atoms with Gasteiger partial charge in [0, 0.05) is 37.0 Å². The van der Waals surface area contributed by atoms with Gasteiger partial charge in [0.2, 0.25) is 5.91 Å². The van der Waals surface area contributed by atoms with Gasteiger partial charge in [0.1, 0.15) is 0 Å². The highest BCUT2D eigenvalue weighted by molar-refractivity contribution is 5.82. The van der Waals surface area contributed by atoms with Gasteiger partial charge in [-0.1, -0.05) is 6.07 Å². The molecule has 0 aromatic heterocycles. The Morgan fingerprint density at radius 3 is 2.72 bits per heavy atom. The maximum absolute atomic E-state index is 13.2. The molecule has 32 heavy (non-hydrogen) atoms. The number of nitro groups is 1. The first kappa shape index (κ1) is 21.9. The van der Waals surface area contributed by atoms with Crippen molar-refractivity contribution in [2.45, 2.75) is 38.1 Å². The van der Waals surface area contributed by atoms with E-state index in [4.69, 9.17) is 9.47 Å². The van der Waals surface area contributed by atoms with Crippen molar-refractivity contribution in [1.82, 2.24) is 5.32 Å². The number of methoxy groups -OCH3 is 2. The Hall–Kier alpha value is -3.29. The summed E-state index contributed by atoms with van der Waals surface area (Å²) in [6.07, 6.45) is 4.33. The minimum absolute atomic E-state index is 0.0135. The van der Waals surface area contributed by atoms with E-state index in [0.29, 0.717) is 30.9 Å². The van der Waals surface area contributed by atoms with E-state index in [9.17, 15) is 14.9 Å². The highest BCUT2D eigenvalue weighted by Crippen LogP contribution is 2.40. The smallest absolute Gasteiger partial charge is 0.269 e. The van der Waals surface area contributed by atoms with Gasteiger partial charge in [-0.25, -0.2) is 0 Å². The van der Waals surface area contributed by atoms with Gasteiger partial charge in [-0.05, 0) is 61.4 Å². The van der Waals surface area contributed by atoms with E-state index in [1.807, 2.05) is 24.3 Å². The Bertz CT molecular complexity index is 1010. The fourth-order valence-electron chi connectivity index (χ4n) is 4.94. The molecule has 2 aliphatic heterocycles. The van der Waals surface area contributed by atoms with Crippen molar-refractivity contribution in [3.05, 3.63) is 57.6 Å². The van der Waals surface area contributed by atoms with Crippen molar-refractivity contribution in [3.8, 4) is 11.5 Å². The Labute approximate surface area is 187 Å². The summed E-state index contributed by atoms with van der Waals surface area (Å²) >= 11 is 0. The first-order chi connectivity index (χ1) is 15.5. The zero-order valence-corrected chi connectivity index (χ0v) is 18.5. The predicted octanol–water partition coefficient (Wildman–Crippen LogP) is 3.50. The van der Waals surface area contributed by atoms with Gasteiger partial charge in [-0.3, -0.25) is 14.9 Å². The molecule has 8 nitrogen and oxygen atoms in total. The molecule has 8 heteroatoms. The number of nitro benzene ring substituents is 1. The number of amides is 1. The molecule has 1 N–H and O–H groups in total. The molecule has 2 heterocycles. The monoisotopic (exact) mass is 439 g/mol. The molecule has 1 amide bonds. The summed E-state index contributed by atoms with van der Waals surface area (Å²) in [4.78, 5) is 26.3. The highest BCUT2D eigenvalue weighted by Gasteiger charge is 2.39. The Morgan fingerprint density at radius 1 is 1.16 bits per heavy atom. The van der Waals surface area contributed by atoms with Crippen LogP contribution in [0.25, 0.3) is 0 Å². The zero-order valence-electron chi connectivity index (χ0n) is 18.5. The Balaban J connectivity index is 1.46. The number of fused-ring (bicyclic) bond motifs is 3. The number of ether oxygens (including phenoxy) is 2. The lowest BCUT2D eigenvalue weighted by Gasteiger charge is -2.45. The molecule has 2 aliphatic rings. The third kappa shape index (κ3) is 4.35. The van der Waals surface area contributed by atoms with Crippen LogP contribution in [0.3, 0.4) is 0 Å². The molecule has 1 saturated heterocycles. The topological polar surface area (TPSA) is 93.9 Å². The normalized spacial score (nSPS) is 19.5. The summed E-state index contributed by atoms with van der Waals surface area (Å²) in [5.41, 5.74) is 3.05. The van der Waals surface area contributed by atoms with Crippen molar-refractivity contribution in [1.29, 1.82) is 0 Å². The molecule has 0 unspecified atom stereocenters. The number of hydrogen-bond donors (Lipinski definition) is 1. The lowest BCUT2D eigenvalue weighted by molar-refractivity contribution is -0.384. The van der Waals surface area contributed by atoms with Crippen molar-refractivity contribution >= 4 is 17.3 Å². The lowest BCUT2D eigenvalue weighted by Crippen LogP contribution is -2.53. The van der Waals surface area contributed by atoms with Crippen LogP contribution in [0.5, 0.6) is 11.5 Å². The molecule has 170 valence electrons. The number of carbonyl (C=O) groups is 1. The highest BCUT2D eigenvalue weighted by atomic mass is 16.6. The molecule has 2 aromatic rings. The van der Waals surface area contributed by atoms with Crippen molar-refractivity contribution in [3.63, 3.8) is 0 Å². The van der Waals surface area contributed by atoms with E-state index >= 15 is 0 Å². The van der Waals surface area contributed by atoms with Crippen molar-refractivity contribution in [2.75, 3.05) is 32.2 Å². The van der Waals surface area contributed by atoms with Gasteiger partial charge in [0.15, 0.2) is 11.5 Å². The number of carbonyl (C=O) groups excluding carboxylic acids is 1. The fourth-order valence-corrected chi connectivity index (χ4v) is 4.94. The first-order valence-corrected chi connectivity index (χ1v) is 11.0. The molecule has 1 fully saturated rings. The van der Waals surface area contributed by atoms with E-state index in [1.54, 1.807) is 26.4 Å². The van der Waals surface area contributed by atoms with Crippen LogP contribution in [-0.2, 0) is 17.6 Å². The van der Waals surface area contributed by atoms with Crippen LogP contribution in [0.4, 0.5) is 11.4 Å². The first-order valence-electron chi connectivity index (χ1n) is 11.0. The van der Waals surface area contributed by atoms with E-state index in [2.05, 4.69) is 10.2 Å². The minimum Gasteiger partial charge on any atom is -0.493 e. The number of benzene rings is 2. The van der Waals surface area contributed by atoms with Gasteiger partial charge in [-0.15, -0.1) is 0 Å². The largest absolute Gasteiger partial charge is 0.493 e. The summed E-state index contributed by atoms with van der Waals surface area (Å²) in [5, 5.41) is 14.3. The molecule has 0 bridgehead atoms. The average molecular weight is 440 g/mol. The second-order valence-corrected chi connectivity index (χ2v) is 8.37. The van der Waals surface area contributed by atoms with Gasteiger partial charge < -0.3 is 19.7 Å². The second kappa shape index (κ2) is 9.46. The number of non-ortho nitro benzene ring substituents is 1. The number of rotatable bonds is 7. The van der Waals surface area contributed by atoms with Crippen LogP contribution < -0.4 is 19.7 Å². The standard InChI is InChI=1S/C24H29N3O5/c1-31-22-9-6-16(13-23(22)32-2)10-11-25-24(28)19-15-17-14-18(27(29)30)7-8-20(17)26-12-4-3-5-21(19)26/h6-9,13-14,19,21H,3-5,10-12,15H2,1-2H3,(H,25,28)/t19-,21-/m0/s1. The quantitative estimate of drug-likeness (QED) is 0.524. The molecular formula is C24H29N3O5. The van der Waals surface area contributed by atoms with E-state index in [0.717, 1.165) is 42.6 Å². The molecule has 0 aliphatic carbocycles. The van der Waals surface area contributed by atoms with Crippen molar-refractivity contribution < 1.29 is 19.2 Å². The third-order valence-electron chi connectivity index (χ3n) is 6.53. The number of piperidine rings is 1. The fraction of sp³-hybridized carbons (Fsp3) is 0.458. The zero-order chi connectivity index (χ0) is 22.7. The van der Waals surface area contributed by atoms with Crippen LogP contribution in [0.1, 0.15) is 30.4 Å². The molecule has 2 atom stereocenters. The number of hydrogen-bond acceptors (Lipinski definition) is 6. The van der Waals surface area contributed by atoms with E-state index in [-0.39, 0.29) is 28.5 Å². The maximum Gasteiger partial charge on any atom is 0.269 e. The van der Waals surface area contributed by atoms with Crippen LogP contribution in [-0.4, -0.2) is 44.2 Å². The van der Waals surface area contributed by atoms with Gasteiger partial charge >= 0.3 is 0 Å². The molecule has 2 aromatic carbocycles. The Morgan fingerprint density at radius 2 is 1.97 bits per heavy atom. The average Bonchev–Trinajstić information content (AvgIpc) is 2.82.